The molecule has 0 saturated heterocycles. The molecule has 29 heavy (non-hydrogen) atoms. The lowest BCUT2D eigenvalue weighted by Crippen LogP contribution is -2.19. The zero-order chi connectivity index (χ0) is 21.2. The molecule has 1 amide bonds. The first kappa shape index (κ1) is 23.1. The van der Waals surface area contributed by atoms with Crippen LogP contribution in [-0.4, -0.2) is 38.4 Å². The summed E-state index contributed by atoms with van der Waals surface area (Å²) in [4.78, 5) is 23.5. The number of hydrogen-bond donors (Lipinski definition) is 1. The van der Waals surface area contributed by atoms with E-state index in [9.17, 15) is 9.59 Å². The van der Waals surface area contributed by atoms with Crippen molar-refractivity contribution >= 4 is 56.6 Å². The van der Waals surface area contributed by atoms with Crippen molar-refractivity contribution in [2.45, 2.75) is 13.3 Å². The number of esters is 1. The van der Waals surface area contributed by atoms with Crippen LogP contribution in [0.4, 0.5) is 0 Å². The molecule has 0 aliphatic carbocycles. The molecule has 9 heteroatoms. The molecule has 2 rings (SSSR count). The van der Waals surface area contributed by atoms with E-state index in [1.807, 2.05) is 24.3 Å². The molecule has 0 bridgehead atoms. The fourth-order valence-electron chi connectivity index (χ4n) is 2.29. The highest BCUT2D eigenvalue weighted by Crippen LogP contribution is 2.33. The number of rotatable bonds is 9. The van der Waals surface area contributed by atoms with Crippen LogP contribution in [0.1, 0.15) is 18.1 Å². The van der Waals surface area contributed by atoms with E-state index in [4.69, 9.17) is 14.2 Å². The highest BCUT2D eigenvalue weighted by atomic mass is 127. The van der Waals surface area contributed by atoms with E-state index in [0.29, 0.717) is 23.7 Å². The molecule has 0 spiro atoms. The Hall–Kier alpha value is -2.14. The molecule has 0 saturated carbocycles. The molecule has 1 N–H and O–H groups in total. The van der Waals surface area contributed by atoms with Gasteiger partial charge in [0.2, 0.25) is 5.91 Å². The highest BCUT2D eigenvalue weighted by molar-refractivity contribution is 14.1. The zero-order valence-corrected chi connectivity index (χ0v) is 19.7. The maximum Gasteiger partial charge on any atom is 0.344 e. The number of carbonyl (C=O) groups is 2. The Morgan fingerprint density at radius 1 is 1.24 bits per heavy atom. The molecule has 0 unspecified atom stereocenters. The van der Waals surface area contributed by atoms with Gasteiger partial charge in [0, 0.05) is 4.47 Å². The molecule has 0 heterocycles. The molecule has 0 aliphatic heterocycles. The minimum atomic E-state index is -0.454. The van der Waals surface area contributed by atoms with Crippen LogP contribution in [-0.2, 0) is 20.7 Å². The van der Waals surface area contributed by atoms with E-state index >= 15 is 0 Å². The van der Waals surface area contributed by atoms with Crippen LogP contribution in [0.5, 0.6) is 11.5 Å². The van der Waals surface area contributed by atoms with Crippen LogP contribution in [0.15, 0.2) is 46.0 Å². The molecule has 0 atom stereocenters. The number of nitrogens with one attached hydrogen (secondary N) is 1. The standard InChI is InChI=1S/C20H20BrIN2O5/c1-3-28-19(26)12-29-20-16(22)8-14(9-17(20)27-2)11-23-24-18(25)10-13-4-6-15(21)7-5-13/h4-9,11H,3,10,12H2,1-2H3,(H,24,25)/b23-11+. The fourth-order valence-corrected chi connectivity index (χ4v) is 3.34. The van der Waals surface area contributed by atoms with Gasteiger partial charge in [-0.15, -0.1) is 0 Å². The summed E-state index contributed by atoms with van der Waals surface area (Å²) >= 11 is 5.43. The van der Waals surface area contributed by atoms with Crippen LogP contribution in [0, 0.1) is 3.57 Å². The molecule has 0 aliphatic rings. The minimum absolute atomic E-state index is 0.209. The zero-order valence-electron chi connectivity index (χ0n) is 15.9. The van der Waals surface area contributed by atoms with Crippen molar-refractivity contribution < 1.29 is 23.8 Å². The molecule has 2 aromatic carbocycles. The van der Waals surface area contributed by atoms with E-state index in [1.165, 1.54) is 13.3 Å². The third-order valence-electron chi connectivity index (χ3n) is 3.57. The predicted octanol–water partition coefficient (Wildman–Crippen LogP) is 3.70. The van der Waals surface area contributed by atoms with Gasteiger partial charge in [-0.1, -0.05) is 28.1 Å². The van der Waals surface area contributed by atoms with Crippen molar-refractivity contribution in [2.75, 3.05) is 20.3 Å². The van der Waals surface area contributed by atoms with Crippen molar-refractivity contribution in [2.24, 2.45) is 5.10 Å². The third-order valence-corrected chi connectivity index (χ3v) is 4.90. The Bertz CT molecular complexity index is 887. The lowest BCUT2D eigenvalue weighted by Gasteiger charge is -2.13. The first-order valence-corrected chi connectivity index (χ1v) is 10.5. The molecule has 7 nitrogen and oxygen atoms in total. The third kappa shape index (κ3) is 7.65. The van der Waals surface area contributed by atoms with Crippen molar-refractivity contribution in [1.82, 2.24) is 5.43 Å². The number of benzene rings is 2. The quantitative estimate of drug-likeness (QED) is 0.214. The summed E-state index contributed by atoms with van der Waals surface area (Å²) in [6.07, 6.45) is 1.74. The number of hydrogen-bond acceptors (Lipinski definition) is 6. The molecule has 154 valence electrons. The lowest BCUT2D eigenvalue weighted by atomic mass is 10.1. The van der Waals surface area contributed by atoms with E-state index in [1.54, 1.807) is 19.1 Å². The Morgan fingerprint density at radius 2 is 1.97 bits per heavy atom. The van der Waals surface area contributed by atoms with Gasteiger partial charge in [-0.05, 0) is 64.9 Å². The van der Waals surface area contributed by atoms with Gasteiger partial charge in [-0.2, -0.15) is 5.10 Å². The van der Waals surface area contributed by atoms with Crippen LogP contribution >= 0.6 is 38.5 Å². The van der Waals surface area contributed by atoms with Gasteiger partial charge in [0.15, 0.2) is 18.1 Å². The molecule has 0 radical (unpaired) electrons. The number of carbonyl (C=O) groups excluding carboxylic acids is 2. The topological polar surface area (TPSA) is 86.2 Å². The summed E-state index contributed by atoms with van der Waals surface area (Å²) < 4.78 is 17.4. The van der Waals surface area contributed by atoms with Gasteiger partial charge >= 0.3 is 5.97 Å². The van der Waals surface area contributed by atoms with Crippen LogP contribution in [0.2, 0.25) is 0 Å². The predicted molar refractivity (Wildman–Crippen MR) is 121 cm³/mol. The number of nitrogens with zero attached hydrogens (tertiary/aromatic N) is 1. The summed E-state index contributed by atoms with van der Waals surface area (Å²) in [5, 5.41) is 3.99. The van der Waals surface area contributed by atoms with E-state index in [2.05, 4.69) is 49.0 Å². The number of methoxy groups -OCH3 is 1. The second-order valence-electron chi connectivity index (χ2n) is 5.72. The van der Waals surface area contributed by atoms with Gasteiger partial charge < -0.3 is 14.2 Å². The summed E-state index contributed by atoms with van der Waals surface area (Å²) in [5.41, 5.74) is 4.10. The molecule has 0 fully saturated rings. The summed E-state index contributed by atoms with van der Waals surface area (Å²) in [6.45, 7) is 1.81. The normalized spacial score (nSPS) is 10.6. The molecular formula is C20H20BrIN2O5. The van der Waals surface area contributed by atoms with Crippen LogP contribution in [0.3, 0.4) is 0 Å². The maximum absolute atomic E-state index is 12.0. The average Bonchev–Trinajstić information content (AvgIpc) is 2.68. The lowest BCUT2D eigenvalue weighted by molar-refractivity contribution is -0.145. The summed E-state index contributed by atoms with van der Waals surface area (Å²) in [5.74, 6) is 0.213. The Kier molecular flexibility index (Phi) is 9.39. The van der Waals surface area contributed by atoms with E-state index in [0.717, 1.165) is 13.6 Å². The smallest absolute Gasteiger partial charge is 0.344 e. The van der Waals surface area contributed by atoms with Gasteiger partial charge in [0.25, 0.3) is 0 Å². The maximum atomic E-state index is 12.0. The van der Waals surface area contributed by atoms with Crippen molar-refractivity contribution in [3.05, 3.63) is 55.6 Å². The van der Waals surface area contributed by atoms with Crippen LogP contribution < -0.4 is 14.9 Å². The first-order valence-electron chi connectivity index (χ1n) is 8.65. The first-order chi connectivity index (χ1) is 13.9. The Balaban J connectivity index is 1.99. The number of ether oxygens (including phenoxy) is 3. The second kappa shape index (κ2) is 11.8. The molecular weight excluding hydrogens is 555 g/mol. The SMILES string of the molecule is CCOC(=O)COc1c(I)cc(/C=N/NC(=O)Cc2ccc(Br)cc2)cc1OC. The van der Waals surface area contributed by atoms with Gasteiger partial charge in [-0.3, -0.25) is 4.79 Å². The second-order valence-corrected chi connectivity index (χ2v) is 7.80. The summed E-state index contributed by atoms with van der Waals surface area (Å²) in [6, 6.07) is 11.0. The van der Waals surface area contributed by atoms with Gasteiger partial charge in [0.05, 0.1) is 29.9 Å². The Labute approximate surface area is 191 Å². The average molecular weight is 575 g/mol. The van der Waals surface area contributed by atoms with E-state index in [-0.39, 0.29) is 18.9 Å². The van der Waals surface area contributed by atoms with E-state index < -0.39 is 5.97 Å². The molecule has 2 aromatic rings. The minimum Gasteiger partial charge on any atom is -0.493 e. The number of halogens is 2. The number of hydrazone groups is 1. The largest absolute Gasteiger partial charge is 0.493 e. The van der Waals surface area contributed by atoms with Gasteiger partial charge in [-0.25, -0.2) is 10.2 Å². The number of amides is 1. The Morgan fingerprint density at radius 3 is 2.62 bits per heavy atom. The summed E-state index contributed by atoms with van der Waals surface area (Å²) in [7, 11) is 1.50. The van der Waals surface area contributed by atoms with Crippen molar-refractivity contribution in [1.29, 1.82) is 0 Å². The van der Waals surface area contributed by atoms with Crippen molar-refractivity contribution in [3.63, 3.8) is 0 Å². The van der Waals surface area contributed by atoms with Gasteiger partial charge in [0.1, 0.15) is 0 Å². The monoisotopic (exact) mass is 574 g/mol. The van der Waals surface area contributed by atoms with Crippen LogP contribution in [0.25, 0.3) is 0 Å². The van der Waals surface area contributed by atoms with Crippen molar-refractivity contribution in [3.8, 4) is 11.5 Å². The highest BCUT2D eigenvalue weighted by Gasteiger charge is 2.13. The molecule has 0 aromatic heterocycles. The fraction of sp³-hybridized carbons (Fsp3) is 0.250.